The minimum Gasteiger partial charge on any atom is -0.494 e. The molecule has 2 heterocycles. The van der Waals surface area contributed by atoms with E-state index < -0.39 is 29.9 Å². The third kappa shape index (κ3) is 5.67. The molecule has 1 atom stereocenters. The van der Waals surface area contributed by atoms with E-state index in [0.717, 1.165) is 6.07 Å². The van der Waals surface area contributed by atoms with Crippen LogP contribution in [0.25, 0.3) is 22.4 Å². The molecule has 0 spiro atoms. The van der Waals surface area contributed by atoms with E-state index >= 15 is 0 Å². The summed E-state index contributed by atoms with van der Waals surface area (Å²) >= 11 is 0. The Bertz CT molecular complexity index is 1350. The topological polar surface area (TPSA) is 142 Å². The number of hydrogen-bond donors (Lipinski definition) is 3. The number of nitrogens with two attached hydrogens (primary N) is 1. The number of hydrogen-bond acceptors (Lipinski definition) is 8. The van der Waals surface area contributed by atoms with E-state index in [1.807, 2.05) is 13.8 Å². The number of aromatic nitrogens is 2. The molecule has 38 heavy (non-hydrogen) atoms. The van der Waals surface area contributed by atoms with Gasteiger partial charge in [-0.15, -0.1) is 0 Å². The van der Waals surface area contributed by atoms with E-state index in [2.05, 4.69) is 20.6 Å². The summed E-state index contributed by atoms with van der Waals surface area (Å²) in [4.78, 5) is 32.9. The van der Waals surface area contributed by atoms with E-state index in [0.29, 0.717) is 23.8 Å². The van der Waals surface area contributed by atoms with Gasteiger partial charge in [-0.05, 0) is 45.0 Å². The molecule has 0 unspecified atom stereocenters. The zero-order valence-corrected chi connectivity index (χ0v) is 21.2. The molecular weight excluding hydrogens is 507 g/mol. The molecule has 1 aliphatic rings. The van der Waals surface area contributed by atoms with Crippen molar-refractivity contribution in [3.05, 3.63) is 41.4 Å². The second kappa shape index (κ2) is 10.5. The second-order valence-corrected chi connectivity index (χ2v) is 9.39. The Balaban J connectivity index is 1.58. The molecular formula is C25H28F3N5O5. The number of nitrogens with one attached hydrogen (secondary N) is 2. The van der Waals surface area contributed by atoms with Gasteiger partial charge in [0.2, 0.25) is 5.89 Å². The van der Waals surface area contributed by atoms with Crippen molar-refractivity contribution >= 4 is 22.9 Å². The van der Waals surface area contributed by atoms with Crippen molar-refractivity contribution in [3.8, 4) is 17.2 Å². The number of nitrogens with zero attached hydrogens (tertiary/aromatic N) is 2. The van der Waals surface area contributed by atoms with Crippen LogP contribution in [0.4, 0.5) is 18.0 Å². The highest BCUT2D eigenvalue weighted by Crippen LogP contribution is 2.37. The summed E-state index contributed by atoms with van der Waals surface area (Å²) < 4.78 is 56.1. The molecule has 1 aliphatic carbocycles. The lowest BCUT2D eigenvalue weighted by atomic mass is 9.89. The van der Waals surface area contributed by atoms with Gasteiger partial charge in [-0.3, -0.25) is 4.79 Å². The maximum atomic E-state index is 13.3. The highest BCUT2D eigenvalue weighted by atomic mass is 19.4. The number of carbonyl (C=O) groups is 2. The van der Waals surface area contributed by atoms with Gasteiger partial charge in [-0.2, -0.15) is 13.2 Å². The number of alkyl halides is 3. The smallest absolute Gasteiger partial charge is 0.433 e. The number of pyridine rings is 1. The van der Waals surface area contributed by atoms with E-state index in [4.69, 9.17) is 19.6 Å². The number of amides is 2. The second-order valence-electron chi connectivity index (χ2n) is 9.39. The summed E-state index contributed by atoms with van der Waals surface area (Å²) in [5.74, 6) is -0.282. The van der Waals surface area contributed by atoms with Crippen LogP contribution >= 0.6 is 0 Å². The van der Waals surface area contributed by atoms with Gasteiger partial charge in [-0.25, -0.2) is 14.8 Å². The van der Waals surface area contributed by atoms with Crippen molar-refractivity contribution < 1.29 is 36.7 Å². The lowest BCUT2D eigenvalue weighted by Crippen LogP contribution is -2.49. The third-order valence-corrected chi connectivity index (χ3v) is 5.95. The van der Waals surface area contributed by atoms with Gasteiger partial charge < -0.3 is 30.3 Å². The molecule has 2 aromatic heterocycles. The third-order valence-electron chi connectivity index (χ3n) is 5.95. The van der Waals surface area contributed by atoms with Crippen LogP contribution < -0.4 is 21.1 Å². The molecule has 4 rings (SSSR count). The van der Waals surface area contributed by atoms with Crippen LogP contribution in [-0.4, -0.2) is 47.3 Å². The number of methoxy groups -OCH3 is 1. The Morgan fingerprint density at radius 2 is 1.84 bits per heavy atom. The van der Waals surface area contributed by atoms with Crippen LogP contribution in [0.2, 0.25) is 0 Å². The first-order valence-electron chi connectivity index (χ1n) is 12.0. The van der Waals surface area contributed by atoms with Gasteiger partial charge in [0.15, 0.2) is 11.5 Å². The average molecular weight is 536 g/mol. The standard InChI is InChI=1S/C25H28F3N5O5/c1-11(2)30-24(35)37-14-9-13(10-14)31-22(34)20-21(12(3)29)38-23(33-20)16-5-7-17(36-4)19-15(16)6-8-18(32-19)25(26,27)28/h5-8,11-14H,9-10,29H2,1-4H3,(H,30,35)(H,31,34)/t12-,13?,14?/m0/s1. The number of rotatable bonds is 7. The molecule has 13 heteroatoms. The van der Waals surface area contributed by atoms with E-state index in [1.54, 1.807) is 13.0 Å². The van der Waals surface area contributed by atoms with Crippen molar-refractivity contribution in [2.75, 3.05) is 7.11 Å². The number of oxazole rings is 1. The monoisotopic (exact) mass is 535 g/mol. The van der Waals surface area contributed by atoms with Crippen LogP contribution in [0, 0.1) is 0 Å². The average Bonchev–Trinajstić information content (AvgIpc) is 3.26. The Labute approximate surface area is 216 Å². The summed E-state index contributed by atoms with van der Waals surface area (Å²) in [6, 6.07) is 4.12. The van der Waals surface area contributed by atoms with Gasteiger partial charge in [-0.1, -0.05) is 0 Å². The van der Waals surface area contributed by atoms with Crippen molar-refractivity contribution in [2.45, 2.75) is 64.0 Å². The fourth-order valence-corrected chi connectivity index (χ4v) is 4.07. The number of alkyl carbamates (subject to hydrolysis) is 1. The van der Waals surface area contributed by atoms with Crippen molar-refractivity contribution in [2.24, 2.45) is 5.73 Å². The van der Waals surface area contributed by atoms with E-state index in [1.165, 1.54) is 19.2 Å². The maximum absolute atomic E-state index is 13.3. The summed E-state index contributed by atoms with van der Waals surface area (Å²) in [5, 5.41) is 5.76. The fraction of sp³-hybridized carbons (Fsp3) is 0.440. The molecule has 1 fully saturated rings. The molecule has 0 saturated heterocycles. The first-order chi connectivity index (χ1) is 17.9. The quantitative estimate of drug-likeness (QED) is 0.406. The van der Waals surface area contributed by atoms with Crippen molar-refractivity contribution in [1.82, 2.24) is 20.6 Å². The molecule has 0 bridgehead atoms. The van der Waals surface area contributed by atoms with Gasteiger partial charge >= 0.3 is 12.3 Å². The number of carbonyl (C=O) groups excluding carboxylic acids is 2. The SMILES string of the molecule is COc1ccc(-c2nc(C(=O)NC3CC(OC(=O)NC(C)C)C3)c([C@H](C)N)o2)c2ccc(C(F)(F)F)nc12. The first kappa shape index (κ1) is 27.2. The fourth-order valence-electron chi connectivity index (χ4n) is 4.07. The largest absolute Gasteiger partial charge is 0.494 e. The minimum absolute atomic E-state index is 0.00293. The summed E-state index contributed by atoms with van der Waals surface area (Å²) in [6.07, 6.45) is -4.61. The van der Waals surface area contributed by atoms with E-state index in [9.17, 15) is 22.8 Å². The predicted molar refractivity (Wildman–Crippen MR) is 130 cm³/mol. The van der Waals surface area contributed by atoms with Gasteiger partial charge in [0.25, 0.3) is 5.91 Å². The maximum Gasteiger partial charge on any atom is 0.433 e. The lowest BCUT2D eigenvalue weighted by Gasteiger charge is -2.35. The molecule has 4 N–H and O–H groups in total. The van der Waals surface area contributed by atoms with Crippen LogP contribution in [0.5, 0.6) is 5.75 Å². The van der Waals surface area contributed by atoms with Crippen LogP contribution in [0.15, 0.2) is 28.7 Å². The predicted octanol–water partition coefficient (Wildman–Crippen LogP) is 4.33. The number of halogens is 3. The highest BCUT2D eigenvalue weighted by Gasteiger charge is 2.36. The number of benzene rings is 1. The summed E-state index contributed by atoms with van der Waals surface area (Å²) in [7, 11) is 1.32. The van der Waals surface area contributed by atoms with Gasteiger partial charge in [0, 0.05) is 35.9 Å². The van der Waals surface area contributed by atoms with Crippen LogP contribution in [0.3, 0.4) is 0 Å². The first-order valence-corrected chi connectivity index (χ1v) is 12.0. The zero-order chi connectivity index (χ0) is 27.8. The molecule has 10 nitrogen and oxygen atoms in total. The summed E-state index contributed by atoms with van der Waals surface area (Å²) in [6.45, 7) is 5.25. The molecule has 204 valence electrons. The molecule has 1 aromatic carbocycles. The normalized spacial score (nSPS) is 18.1. The van der Waals surface area contributed by atoms with Crippen molar-refractivity contribution in [1.29, 1.82) is 0 Å². The van der Waals surface area contributed by atoms with Gasteiger partial charge in [0.05, 0.1) is 13.2 Å². The Morgan fingerprint density at radius 1 is 1.13 bits per heavy atom. The van der Waals surface area contributed by atoms with Crippen LogP contribution in [-0.2, 0) is 10.9 Å². The molecule has 3 aromatic rings. The van der Waals surface area contributed by atoms with Gasteiger partial charge in [0.1, 0.15) is 23.1 Å². The van der Waals surface area contributed by atoms with Crippen molar-refractivity contribution in [3.63, 3.8) is 0 Å². The van der Waals surface area contributed by atoms with Crippen LogP contribution in [0.1, 0.15) is 61.6 Å². The molecule has 2 amide bonds. The Hall–Kier alpha value is -3.87. The number of ether oxygens (including phenoxy) is 2. The van der Waals surface area contributed by atoms with E-state index in [-0.39, 0.29) is 46.8 Å². The molecule has 0 aliphatic heterocycles. The molecule has 0 radical (unpaired) electrons. The zero-order valence-electron chi connectivity index (χ0n) is 21.2. The summed E-state index contributed by atoms with van der Waals surface area (Å²) in [5.41, 5.74) is 5.19. The number of fused-ring (bicyclic) bond motifs is 1. The molecule has 1 saturated carbocycles. The Kier molecular flexibility index (Phi) is 7.49. The Morgan fingerprint density at radius 3 is 2.45 bits per heavy atom. The highest BCUT2D eigenvalue weighted by molar-refractivity contribution is 5.98. The lowest BCUT2D eigenvalue weighted by molar-refractivity contribution is -0.140. The minimum atomic E-state index is -4.64.